The minimum Gasteiger partial charge on any atom is -0.463 e. The van der Waals surface area contributed by atoms with E-state index in [1.165, 1.54) is 13.8 Å². The van der Waals surface area contributed by atoms with Crippen LogP contribution in [0.1, 0.15) is 33.6 Å². The number of ketones is 1. The van der Waals surface area contributed by atoms with Crippen molar-refractivity contribution >= 4 is 11.8 Å². The maximum absolute atomic E-state index is 10.9. The molecule has 0 bridgehead atoms. The lowest BCUT2D eigenvalue weighted by Gasteiger charge is -2.22. The SMILES string of the molecule is CC(=O)CCC1(C)OCC(COC(C)=O)O1. The Kier molecular flexibility index (Phi) is 4.44. The normalized spacial score (nSPS) is 29.1. The Balaban J connectivity index is 2.32. The first-order valence-electron chi connectivity index (χ1n) is 5.36. The van der Waals surface area contributed by atoms with E-state index in [0.717, 1.165) is 0 Å². The monoisotopic (exact) mass is 230 g/mol. The second-order valence-corrected chi connectivity index (χ2v) is 4.19. The Bertz CT molecular complexity index is 276. The van der Waals surface area contributed by atoms with Gasteiger partial charge < -0.3 is 19.0 Å². The highest BCUT2D eigenvalue weighted by molar-refractivity contribution is 5.75. The van der Waals surface area contributed by atoms with Crippen LogP contribution < -0.4 is 0 Å². The molecule has 0 N–H and O–H groups in total. The maximum Gasteiger partial charge on any atom is 0.302 e. The van der Waals surface area contributed by atoms with Crippen molar-refractivity contribution in [3.05, 3.63) is 0 Å². The van der Waals surface area contributed by atoms with E-state index >= 15 is 0 Å². The first-order chi connectivity index (χ1) is 7.41. The number of esters is 1. The van der Waals surface area contributed by atoms with Gasteiger partial charge in [0, 0.05) is 19.8 Å². The second kappa shape index (κ2) is 5.41. The molecular weight excluding hydrogens is 212 g/mol. The van der Waals surface area contributed by atoms with Crippen molar-refractivity contribution in [1.29, 1.82) is 0 Å². The van der Waals surface area contributed by atoms with E-state index in [9.17, 15) is 9.59 Å². The highest BCUT2D eigenvalue weighted by Crippen LogP contribution is 2.28. The van der Waals surface area contributed by atoms with Crippen LogP contribution in [0.15, 0.2) is 0 Å². The summed E-state index contributed by atoms with van der Waals surface area (Å²) in [6.45, 7) is 5.27. The molecule has 0 amide bonds. The number of Topliss-reactive ketones (excluding diaryl/α,β-unsaturated/α-hetero) is 1. The Morgan fingerprint density at radius 2 is 2.12 bits per heavy atom. The van der Waals surface area contributed by atoms with E-state index in [2.05, 4.69) is 0 Å². The summed E-state index contributed by atoms with van der Waals surface area (Å²) >= 11 is 0. The summed E-state index contributed by atoms with van der Waals surface area (Å²) < 4.78 is 15.9. The molecule has 2 unspecified atom stereocenters. The summed E-state index contributed by atoms with van der Waals surface area (Å²) in [7, 11) is 0. The zero-order chi connectivity index (χ0) is 12.2. The minimum atomic E-state index is -0.726. The predicted molar refractivity (Wildman–Crippen MR) is 55.8 cm³/mol. The smallest absolute Gasteiger partial charge is 0.302 e. The van der Waals surface area contributed by atoms with Crippen LogP contribution in [0.2, 0.25) is 0 Å². The van der Waals surface area contributed by atoms with Crippen molar-refractivity contribution in [2.45, 2.75) is 45.5 Å². The fourth-order valence-electron chi connectivity index (χ4n) is 1.52. The van der Waals surface area contributed by atoms with Gasteiger partial charge in [0.25, 0.3) is 0 Å². The molecule has 0 aromatic carbocycles. The fourth-order valence-corrected chi connectivity index (χ4v) is 1.52. The average molecular weight is 230 g/mol. The van der Waals surface area contributed by atoms with E-state index in [0.29, 0.717) is 19.4 Å². The van der Waals surface area contributed by atoms with Crippen molar-refractivity contribution in [3.8, 4) is 0 Å². The predicted octanol–water partition coefficient (Wildman–Crippen LogP) is 1.05. The number of carbonyl (C=O) groups excluding carboxylic acids is 2. The Morgan fingerprint density at radius 1 is 1.44 bits per heavy atom. The van der Waals surface area contributed by atoms with Crippen LogP contribution in [0.25, 0.3) is 0 Å². The van der Waals surface area contributed by atoms with E-state index in [4.69, 9.17) is 14.2 Å². The fraction of sp³-hybridized carbons (Fsp3) is 0.818. The highest BCUT2D eigenvalue weighted by atomic mass is 16.7. The van der Waals surface area contributed by atoms with Gasteiger partial charge in [0.1, 0.15) is 18.5 Å². The number of rotatable bonds is 5. The van der Waals surface area contributed by atoms with Gasteiger partial charge >= 0.3 is 5.97 Å². The van der Waals surface area contributed by atoms with Gasteiger partial charge in [-0.3, -0.25) is 4.79 Å². The third kappa shape index (κ3) is 4.28. The van der Waals surface area contributed by atoms with Gasteiger partial charge in [-0.05, 0) is 13.8 Å². The molecule has 0 spiro atoms. The Labute approximate surface area is 95.0 Å². The van der Waals surface area contributed by atoms with Crippen LogP contribution in [0.4, 0.5) is 0 Å². The lowest BCUT2D eigenvalue weighted by molar-refractivity contribution is -0.169. The van der Waals surface area contributed by atoms with Crippen molar-refractivity contribution in [3.63, 3.8) is 0 Å². The first-order valence-corrected chi connectivity index (χ1v) is 5.36. The lowest BCUT2D eigenvalue weighted by Crippen LogP contribution is -2.28. The van der Waals surface area contributed by atoms with Gasteiger partial charge in [-0.15, -0.1) is 0 Å². The molecule has 1 rings (SSSR count). The quantitative estimate of drug-likeness (QED) is 0.661. The molecule has 92 valence electrons. The molecule has 0 aliphatic carbocycles. The number of hydrogen-bond acceptors (Lipinski definition) is 5. The zero-order valence-electron chi connectivity index (χ0n) is 9.95. The standard InChI is InChI=1S/C11H18O5/c1-8(12)4-5-11(3)15-7-10(16-11)6-14-9(2)13/h10H,4-7H2,1-3H3. The maximum atomic E-state index is 10.9. The van der Waals surface area contributed by atoms with Crippen molar-refractivity contribution in [2.24, 2.45) is 0 Å². The van der Waals surface area contributed by atoms with Crippen LogP contribution in [-0.4, -0.2) is 36.9 Å². The molecule has 1 heterocycles. The summed E-state index contributed by atoms with van der Waals surface area (Å²) in [6, 6.07) is 0. The number of hydrogen-bond donors (Lipinski definition) is 0. The van der Waals surface area contributed by atoms with Crippen molar-refractivity contribution in [1.82, 2.24) is 0 Å². The van der Waals surface area contributed by atoms with Crippen LogP contribution in [0.5, 0.6) is 0 Å². The minimum absolute atomic E-state index is 0.108. The Hall–Kier alpha value is -0.940. The Morgan fingerprint density at radius 3 is 2.69 bits per heavy atom. The molecule has 1 fully saturated rings. The molecule has 16 heavy (non-hydrogen) atoms. The van der Waals surface area contributed by atoms with E-state index in [1.54, 1.807) is 6.92 Å². The molecular formula is C11H18O5. The average Bonchev–Trinajstić information content (AvgIpc) is 2.55. The molecule has 0 aromatic rings. The largest absolute Gasteiger partial charge is 0.463 e. The molecule has 0 aromatic heterocycles. The van der Waals surface area contributed by atoms with Gasteiger partial charge in [-0.25, -0.2) is 0 Å². The summed E-state index contributed by atoms with van der Waals surface area (Å²) in [5, 5.41) is 0. The molecule has 2 atom stereocenters. The van der Waals surface area contributed by atoms with Crippen molar-refractivity contribution < 1.29 is 23.8 Å². The second-order valence-electron chi connectivity index (χ2n) is 4.19. The van der Waals surface area contributed by atoms with E-state index in [-0.39, 0.29) is 24.5 Å². The molecule has 1 aliphatic rings. The number of ether oxygens (including phenoxy) is 3. The molecule has 1 aliphatic heterocycles. The van der Waals surface area contributed by atoms with Gasteiger partial charge in [-0.2, -0.15) is 0 Å². The lowest BCUT2D eigenvalue weighted by atomic mass is 10.1. The third-order valence-corrected chi connectivity index (χ3v) is 2.39. The molecule has 5 nitrogen and oxygen atoms in total. The summed E-state index contributed by atoms with van der Waals surface area (Å²) in [6.07, 6.45) is 0.719. The summed E-state index contributed by atoms with van der Waals surface area (Å²) in [5.41, 5.74) is 0. The van der Waals surface area contributed by atoms with Gasteiger partial charge in [0.05, 0.1) is 6.61 Å². The first kappa shape index (κ1) is 13.1. The van der Waals surface area contributed by atoms with E-state index in [1.807, 2.05) is 0 Å². The van der Waals surface area contributed by atoms with Crippen LogP contribution in [0, 0.1) is 0 Å². The third-order valence-electron chi connectivity index (χ3n) is 2.39. The zero-order valence-corrected chi connectivity index (χ0v) is 9.95. The molecule has 5 heteroatoms. The van der Waals surface area contributed by atoms with Crippen LogP contribution in [0.3, 0.4) is 0 Å². The highest BCUT2D eigenvalue weighted by Gasteiger charge is 2.37. The molecule has 1 saturated heterocycles. The van der Waals surface area contributed by atoms with Gasteiger partial charge in [0.2, 0.25) is 0 Å². The summed E-state index contributed by atoms with van der Waals surface area (Å²) in [4.78, 5) is 21.5. The van der Waals surface area contributed by atoms with Crippen LogP contribution >= 0.6 is 0 Å². The van der Waals surface area contributed by atoms with Crippen molar-refractivity contribution in [2.75, 3.05) is 13.2 Å². The molecule has 0 saturated carbocycles. The number of carbonyl (C=O) groups is 2. The van der Waals surface area contributed by atoms with Gasteiger partial charge in [-0.1, -0.05) is 0 Å². The van der Waals surface area contributed by atoms with Gasteiger partial charge in [0.15, 0.2) is 5.79 Å². The van der Waals surface area contributed by atoms with E-state index < -0.39 is 5.79 Å². The summed E-state index contributed by atoms with van der Waals surface area (Å²) in [5.74, 6) is -0.950. The molecule has 0 radical (unpaired) electrons. The topological polar surface area (TPSA) is 61.8 Å². The van der Waals surface area contributed by atoms with Crippen LogP contribution in [-0.2, 0) is 23.8 Å².